The minimum absolute atomic E-state index is 0.0246. The molecular weight excluding hydrogens is 344 g/mol. The average molecular weight is 359 g/mol. The second-order valence-electron chi connectivity index (χ2n) is 4.97. The van der Waals surface area contributed by atoms with Gasteiger partial charge in [0.05, 0.1) is 5.02 Å². The van der Waals surface area contributed by atoms with Gasteiger partial charge in [-0.2, -0.15) is 4.31 Å². The number of thiophene rings is 1. The fraction of sp³-hybridized carbons (Fsp3) is 0.357. The van der Waals surface area contributed by atoms with E-state index < -0.39 is 10.0 Å². The van der Waals surface area contributed by atoms with Gasteiger partial charge in [-0.25, -0.2) is 13.4 Å². The van der Waals surface area contributed by atoms with Crippen LogP contribution in [0.1, 0.15) is 12.8 Å². The average Bonchev–Trinajstić information content (AvgIpc) is 3.05. The zero-order valence-corrected chi connectivity index (χ0v) is 14.1. The van der Waals surface area contributed by atoms with E-state index in [2.05, 4.69) is 4.98 Å². The number of pyridine rings is 1. The van der Waals surface area contributed by atoms with Crippen LogP contribution in [0.5, 0.6) is 5.88 Å². The molecule has 0 radical (unpaired) electrons. The number of aromatic nitrogens is 1. The fourth-order valence-electron chi connectivity index (χ4n) is 2.33. The summed E-state index contributed by atoms with van der Waals surface area (Å²) in [6.45, 7) is 0.914. The van der Waals surface area contributed by atoms with E-state index in [9.17, 15) is 8.42 Å². The van der Waals surface area contributed by atoms with Crippen LogP contribution in [0.4, 0.5) is 0 Å². The largest absolute Gasteiger partial charge is 0.474 e. The summed E-state index contributed by atoms with van der Waals surface area (Å²) >= 11 is 7.03. The molecule has 118 valence electrons. The molecule has 3 rings (SSSR count). The molecule has 1 aliphatic heterocycles. The molecule has 1 fully saturated rings. The Morgan fingerprint density at radius 1 is 1.27 bits per heavy atom. The zero-order valence-electron chi connectivity index (χ0n) is 11.7. The van der Waals surface area contributed by atoms with E-state index in [1.165, 1.54) is 21.8 Å². The third-order valence-electron chi connectivity index (χ3n) is 3.48. The molecule has 0 aliphatic carbocycles. The topological polar surface area (TPSA) is 59.5 Å². The van der Waals surface area contributed by atoms with Crippen molar-refractivity contribution in [3.05, 3.63) is 40.9 Å². The summed E-state index contributed by atoms with van der Waals surface area (Å²) in [5, 5.41) is 2.33. The third kappa shape index (κ3) is 3.43. The molecule has 0 saturated carbocycles. The maximum atomic E-state index is 12.4. The molecular formula is C14H15ClN2O3S2. The van der Waals surface area contributed by atoms with Crippen LogP contribution in [0.3, 0.4) is 0 Å². The smallest absolute Gasteiger partial charge is 0.252 e. The van der Waals surface area contributed by atoms with Gasteiger partial charge in [0.25, 0.3) is 10.0 Å². The molecule has 0 amide bonds. The number of piperidine rings is 1. The maximum absolute atomic E-state index is 12.4. The third-order valence-corrected chi connectivity index (χ3v) is 6.97. The van der Waals surface area contributed by atoms with Crippen LogP contribution >= 0.6 is 22.9 Å². The summed E-state index contributed by atoms with van der Waals surface area (Å²) in [6.07, 6.45) is 2.81. The van der Waals surface area contributed by atoms with E-state index in [1.807, 2.05) is 0 Å². The van der Waals surface area contributed by atoms with Crippen LogP contribution in [0, 0.1) is 0 Å². The van der Waals surface area contributed by atoms with E-state index in [-0.39, 0.29) is 6.10 Å². The molecule has 5 nitrogen and oxygen atoms in total. The first-order valence-electron chi connectivity index (χ1n) is 6.87. The minimum atomic E-state index is -3.36. The van der Waals surface area contributed by atoms with Crippen LogP contribution in [0.25, 0.3) is 0 Å². The highest BCUT2D eigenvalue weighted by atomic mass is 35.5. The van der Waals surface area contributed by atoms with Gasteiger partial charge in [0.15, 0.2) is 0 Å². The number of hydrogen-bond acceptors (Lipinski definition) is 5. The van der Waals surface area contributed by atoms with Gasteiger partial charge >= 0.3 is 0 Å². The minimum Gasteiger partial charge on any atom is -0.474 e. The highest BCUT2D eigenvalue weighted by molar-refractivity contribution is 7.91. The molecule has 22 heavy (non-hydrogen) atoms. The standard InChI is InChI=1S/C14H15ClN2O3S2/c15-11-3-4-13(16-10-11)20-12-5-7-17(8-6-12)22(18,19)14-2-1-9-21-14/h1-4,9-10,12H,5-8H2. The summed E-state index contributed by atoms with van der Waals surface area (Å²) in [5.41, 5.74) is 0. The molecule has 2 aromatic heterocycles. The van der Waals surface area contributed by atoms with Crippen molar-refractivity contribution < 1.29 is 13.2 Å². The van der Waals surface area contributed by atoms with Crippen molar-refractivity contribution >= 4 is 33.0 Å². The normalized spacial score (nSPS) is 17.5. The van der Waals surface area contributed by atoms with Crippen LogP contribution < -0.4 is 4.74 Å². The summed E-state index contributed by atoms with van der Waals surface area (Å²) < 4.78 is 32.5. The Morgan fingerprint density at radius 3 is 2.64 bits per heavy atom. The second kappa shape index (κ2) is 6.54. The van der Waals surface area contributed by atoms with E-state index in [0.717, 1.165) is 0 Å². The zero-order chi connectivity index (χ0) is 15.6. The molecule has 0 N–H and O–H groups in total. The monoisotopic (exact) mass is 358 g/mol. The predicted octanol–water partition coefficient (Wildman–Crippen LogP) is 3.03. The van der Waals surface area contributed by atoms with Crippen LogP contribution in [0.2, 0.25) is 5.02 Å². The molecule has 0 bridgehead atoms. The van der Waals surface area contributed by atoms with Crippen molar-refractivity contribution in [1.29, 1.82) is 0 Å². The molecule has 0 aromatic carbocycles. The van der Waals surface area contributed by atoms with Crippen molar-refractivity contribution in [3.8, 4) is 5.88 Å². The van der Waals surface area contributed by atoms with Gasteiger partial charge in [0.2, 0.25) is 5.88 Å². The number of rotatable bonds is 4. The molecule has 0 unspecified atom stereocenters. The van der Waals surface area contributed by atoms with Crippen molar-refractivity contribution in [3.63, 3.8) is 0 Å². The molecule has 2 aromatic rings. The Labute approximate surface area is 138 Å². The summed E-state index contributed by atoms with van der Waals surface area (Å²) in [6, 6.07) is 6.83. The summed E-state index contributed by atoms with van der Waals surface area (Å²) in [5.74, 6) is 0.518. The maximum Gasteiger partial charge on any atom is 0.252 e. The Kier molecular flexibility index (Phi) is 4.67. The molecule has 0 spiro atoms. The van der Waals surface area contributed by atoms with Gasteiger partial charge in [-0.3, -0.25) is 0 Å². The van der Waals surface area contributed by atoms with Crippen molar-refractivity contribution in [2.45, 2.75) is 23.2 Å². The lowest BCUT2D eigenvalue weighted by atomic mass is 10.1. The fourth-order valence-corrected chi connectivity index (χ4v) is 5.06. The van der Waals surface area contributed by atoms with Crippen LogP contribution in [-0.4, -0.2) is 36.9 Å². The van der Waals surface area contributed by atoms with E-state index in [1.54, 1.807) is 29.6 Å². The van der Waals surface area contributed by atoms with E-state index >= 15 is 0 Å². The van der Waals surface area contributed by atoms with Crippen molar-refractivity contribution in [2.75, 3.05) is 13.1 Å². The van der Waals surface area contributed by atoms with E-state index in [4.69, 9.17) is 16.3 Å². The first kappa shape index (κ1) is 15.7. The Morgan fingerprint density at radius 2 is 2.05 bits per heavy atom. The lowest BCUT2D eigenvalue weighted by Gasteiger charge is -2.30. The molecule has 3 heterocycles. The highest BCUT2D eigenvalue weighted by Crippen LogP contribution is 2.25. The van der Waals surface area contributed by atoms with Gasteiger partial charge in [0.1, 0.15) is 10.3 Å². The molecule has 1 aliphatic rings. The number of sulfonamides is 1. The van der Waals surface area contributed by atoms with E-state index in [0.29, 0.717) is 41.0 Å². The quantitative estimate of drug-likeness (QED) is 0.842. The lowest BCUT2D eigenvalue weighted by molar-refractivity contribution is 0.130. The number of ether oxygens (including phenoxy) is 1. The predicted molar refractivity (Wildman–Crippen MR) is 86.0 cm³/mol. The summed E-state index contributed by atoms with van der Waals surface area (Å²) in [4.78, 5) is 4.10. The van der Waals surface area contributed by atoms with Gasteiger partial charge in [-0.1, -0.05) is 17.7 Å². The first-order chi connectivity index (χ1) is 10.6. The molecule has 0 atom stereocenters. The Hall–Kier alpha value is -1.15. The second-order valence-corrected chi connectivity index (χ2v) is 8.52. The highest BCUT2D eigenvalue weighted by Gasteiger charge is 2.30. The number of hydrogen-bond donors (Lipinski definition) is 0. The van der Waals surface area contributed by atoms with Crippen LogP contribution in [0.15, 0.2) is 40.1 Å². The van der Waals surface area contributed by atoms with Gasteiger partial charge in [-0.15, -0.1) is 11.3 Å². The van der Waals surface area contributed by atoms with Crippen molar-refractivity contribution in [2.24, 2.45) is 0 Å². The molecule has 8 heteroatoms. The van der Waals surface area contributed by atoms with Gasteiger partial charge in [-0.05, 0) is 30.4 Å². The van der Waals surface area contributed by atoms with Gasteiger partial charge < -0.3 is 4.74 Å². The summed E-state index contributed by atoms with van der Waals surface area (Å²) in [7, 11) is -3.36. The number of halogens is 1. The SMILES string of the molecule is O=S(=O)(c1cccs1)N1CCC(Oc2ccc(Cl)cn2)CC1. The first-order valence-corrected chi connectivity index (χ1v) is 9.57. The molecule has 1 saturated heterocycles. The number of nitrogens with zero attached hydrogens (tertiary/aromatic N) is 2. The Balaban J connectivity index is 1.60. The van der Waals surface area contributed by atoms with Gasteiger partial charge in [0, 0.05) is 25.4 Å². The van der Waals surface area contributed by atoms with Crippen LogP contribution in [-0.2, 0) is 10.0 Å². The lowest BCUT2D eigenvalue weighted by Crippen LogP contribution is -2.41. The van der Waals surface area contributed by atoms with Crippen molar-refractivity contribution in [1.82, 2.24) is 9.29 Å². The Bertz CT molecular complexity index is 709.